The number of rotatable bonds is 11. The average Bonchev–Trinajstić information content (AvgIpc) is 3.26. The van der Waals surface area contributed by atoms with Crippen molar-refractivity contribution in [3.63, 3.8) is 0 Å². The molecule has 0 spiro atoms. The molecule has 0 aromatic heterocycles. The van der Waals surface area contributed by atoms with Crippen molar-refractivity contribution in [1.82, 2.24) is 4.90 Å². The van der Waals surface area contributed by atoms with Gasteiger partial charge in [0.05, 0.1) is 12.3 Å². The molecule has 188 valence electrons. The number of hydrogen-bond acceptors (Lipinski definition) is 4. The Labute approximate surface area is 218 Å². The van der Waals surface area contributed by atoms with Crippen LogP contribution in [0.4, 0.5) is 21.0 Å². The molecular formula is C28H32N4O3S. The van der Waals surface area contributed by atoms with E-state index in [4.69, 9.17) is 10.5 Å². The van der Waals surface area contributed by atoms with Gasteiger partial charge in [-0.2, -0.15) is 0 Å². The van der Waals surface area contributed by atoms with Gasteiger partial charge < -0.3 is 15.4 Å². The highest BCUT2D eigenvalue weighted by Crippen LogP contribution is 2.24. The Hall–Kier alpha value is -3.65. The molecule has 1 fully saturated rings. The van der Waals surface area contributed by atoms with Gasteiger partial charge in [-0.3, -0.25) is 4.90 Å². The lowest BCUT2D eigenvalue weighted by Crippen LogP contribution is -2.32. The van der Waals surface area contributed by atoms with E-state index >= 15 is 0 Å². The number of hydrogen-bond donors (Lipinski definition) is 2. The number of carbonyl (C=O) groups excluding carboxylic acids is 2. The number of thiol groups is 1. The first-order valence-electron chi connectivity index (χ1n) is 12.2. The van der Waals surface area contributed by atoms with Gasteiger partial charge in [-0.25, -0.2) is 13.9 Å². The molecule has 1 heterocycles. The van der Waals surface area contributed by atoms with Gasteiger partial charge >= 0.3 is 12.1 Å². The molecule has 0 saturated carbocycles. The topological polar surface area (TPSA) is 79.1 Å². The fraction of sp³-hybridized carbons (Fsp3) is 0.286. The Bertz CT molecular complexity index is 1160. The van der Waals surface area contributed by atoms with Gasteiger partial charge in [-0.05, 0) is 61.1 Å². The fourth-order valence-electron chi connectivity index (χ4n) is 4.26. The molecule has 0 aliphatic carbocycles. The van der Waals surface area contributed by atoms with Gasteiger partial charge in [0.1, 0.15) is 5.75 Å². The number of benzene rings is 3. The van der Waals surface area contributed by atoms with Crippen molar-refractivity contribution >= 4 is 36.3 Å². The summed E-state index contributed by atoms with van der Waals surface area (Å²) in [6.07, 6.45) is 3.64. The molecule has 2 N–H and O–H groups in total. The number of anilines is 2. The minimum atomic E-state index is -0.648. The standard InChI is InChI=1S/C28H32N4O3S/c29-27(33)32(36)25-10-7-11-26(21-25)35-19-6-2-5-16-30-17-18-31(28(30)34)24-14-12-23(13-15-24)20-22-8-3-1-4-9-22/h1,3-4,7-15,21,36H,2,5-6,16-20H2,(H2,29,33). The smallest absolute Gasteiger partial charge is 0.329 e. The minimum absolute atomic E-state index is 0.0737. The summed E-state index contributed by atoms with van der Waals surface area (Å²) in [6.45, 7) is 2.75. The van der Waals surface area contributed by atoms with Crippen LogP contribution in [0.3, 0.4) is 0 Å². The summed E-state index contributed by atoms with van der Waals surface area (Å²) in [5.41, 5.74) is 9.27. The number of carbonyl (C=O) groups is 2. The Morgan fingerprint density at radius 3 is 2.42 bits per heavy atom. The van der Waals surface area contributed by atoms with E-state index in [2.05, 4.69) is 49.2 Å². The Balaban J connectivity index is 1.17. The highest BCUT2D eigenvalue weighted by Gasteiger charge is 2.28. The zero-order valence-electron chi connectivity index (χ0n) is 20.3. The second kappa shape index (κ2) is 12.4. The number of unbranched alkanes of at least 4 members (excludes halogenated alkanes) is 2. The van der Waals surface area contributed by atoms with Gasteiger partial charge in [0.25, 0.3) is 0 Å². The molecule has 0 atom stereocenters. The van der Waals surface area contributed by atoms with Gasteiger partial charge in [-0.1, -0.05) is 61.3 Å². The molecule has 7 nitrogen and oxygen atoms in total. The van der Waals surface area contributed by atoms with Crippen molar-refractivity contribution in [1.29, 1.82) is 0 Å². The van der Waals surface area contributed by atoms with Crippen LogP contribution in [0.5, 0.6) is 5.75 Å². The van der Waals surface area contributed by atoms with Crippen LogP contribution >= 0.6 is 12.8 Å². The summed E-state index contributed by atoms with van der Waals surface area (Å²) in [4.78, 5) is 27.9. The maximum Gasteiger partial charge on any atom is 0.329 e. The third kappa shape index (κ3) is 6.73. The molecular weight excluding hydrogens is 472 g/mol. The highest BCUT2D eigenvalue weighted by molar-refractivity contribution is 7.82. The second-order valence-electron chi connectivity index (χ2n) is 8.81. The molecule has 4 rings (SSSR count). The number of urea groups is 2. The van der Waals surface area contributed by atoms with Gasteiger partial charge in [0.15, 0.2) is 0 Å². The molecule has 3 aromatic rings. The van der Waals surface area contributed by atoms with Crippen molar-refractivity contribution in [2.24, 2.45) is 5.73 Å². The van der Waals surface area contributed by atoms with Crippen LogP contribution in [-0.2, 0) is 6.42 Å². The van der Waals surface area contributed by atoms with Crippen LogP contribution < -0.4 is 19.7 Å². The van der Waals surface area contributed by atoms with Crippen LogP contribution in [0.1, 0.15) is 30.4 Å². The lowest BCUT2D eigenvalue weighted by atomic mass is 10.0. The van der Waals surface area contributed by atoms with E-state index in [1.807, 2.05) is 34.1 Å². The number of nitrogens with two attached hydrogens (primary N) is 1. The molecule has 1 aliphatic rings. The second-order valence-corrected chi connectivity index (χ2v) is 9.21. The van der Waals surface area contributed by atoms with E-state index in [1.165, 1.54) is 11.1 Å². The third-order valence-corrected chi connectivity index (χ3v) is 6.63. The van der Waals surface area contributed by atoms with E-state index in [-0.39, 0.29) is 6.03 Å². The molecule has 3 aromatic carbocycles. The summed E-state index contributed by atoms with van der Waals surface area (Å²) in [5, 5.41) is 0. The normalized spacial score (nSPS) is 13.2. The van der Waals surface area contributed by atoms with Crippen molar-refractivity contribution in [3.05, 3.63) is 90.0 Å². The molecule has 1 aliphatic heterocycles. The quantitative estimate of drug-likeness (QED) is 0.267. The first-order chi connectivity index (χ1) is 17.5. The predicted molar refractivity (Wildman–Crippen MR) is 147 cm³/mol. The maximum atomic E-state index is 12.9. The number of nitrogens with zero attached hydrogens (tertiary/aromatic N) is 3. The highest BCUT2D eigenvalue weighted by atomic mass is 32.1. The molecule has 36 heavy (non-hydrogen) atoms. The zero-order chi connectivity index (χ0) is 25.3. The van der Waals surface area contributed by atoms with E-state index < -0.39 is 6.03 Å². The van der Waals surface area contributed by atoms with E-state index in [0.29, 0.717) is 24.6 Å². The summed E-state index contributed by atoms with van der Waals surface area (Å²) in [7, 11) is 0. The minimum Gasteiger partial charge on any atom is -0.494 e. The Morgan fingerprint density at radius 1 is 0.917 bits per heavy atom. The van der Waals surface area contributed by atoms with Gasteiger partial charge in [-0.15, -0.1) is 0 Å². The molecule has 8 heteroatoms. The fourth-order valence-corrected chi connectivity index (χ4v) is 4.38. The van der Waals surface area contributed by atoms with Crippen LogP contribution in [-0.4, -0.2) is 43.2 Å². The lowest BCUT2D eigenvalue weighted by Gasteiger charge is -2.19. The first-order valence-corrected chi connectivity index (χ1v) is 12.6. The predicted octanol–water partition coefficient (Wildman–Crippen LogP) is 5.50. The SMILES string of the molecule is NC(=O)N(S)c1cccc(OCCCCCN2CCN(c3ccc(Cc4ccccc4)cc3)C2=O)c1. The largest absolute Gasteiger partial charge is 0.494 e. The van der Waals surface area contributed by atoms with Crippen LogP contribution in [0, 0.1) is 0 Å². The Kier molecular flexibility index (Phi) is 8.73. The monoisotopic (exact) mass is 504 g/mol. The number of ether oxygens (including phenoxy) is 1. The van der Waals surface area contributed by atoms with E-state index in [0.717, 1.165) is 48.8 Å². The average molecular weight is 505 g/mol. The van der Waals surface area contributed by atoms with E-state index in [9.17, 15) is 9.59 Å². The van der Waals surface area contributed by atoms with Crippen molar-refractivity contribution in [2.45, 2.75) is 25.7 Å². The molecule has 0 unspecified atom stereocenters. The van der Waals surface area contributed by atoms with Crippen LogP contribution in [0.25, 0.3) is 0 Å². The zero-order valence-corrected chi connectivity index (χ0v) is 21.1. The van der Waals surface area contributed by atoms with Crippen molar-refractivity contribution in [2.75, 3.05) is 35.4 Å². The summed E-state index contributed by atoms with van der Waals surface area (Å²) >= 11 is 4.07. The summed E-state index contributed by atoms with van der Waals surface area (Å²) in [6, 6.07) is 25.2. The number of amides is 4. The van der Waals surface area contributed by atoms with Crippen molar-refractivity contribution < 1.29 is 14.3 Å². The molecule has 0 radical (unpaired) electrons. The van der Waals surface area contributed by atoms with Crippen LogP contribution in [0.15, 0.2) is 78.9 Å². The third-order valence-electron chi connectivity index (χ3n) is 6.21. The van der Waals surface area contributed by atoms with Crippen LogP contribution in [0.2, 0.25) is 0 Å². The maximum absolute atomic E-state index is 12.9. The number of primary amides is 1. The van der Waals surface area contributed by atoms with E-state index in [1.54, 1.807) is 18.2 Å². The summed E-state index contributed by atoms with van der Waals surface area (Å²) in [5.74, 6) is 0.660. The van der Waals surface area contributed by atoms with Gasteiger partial charge in [0.2, 0.25) is 0 Å². The first kappa shape index (κ1) is 25.4. The summed E-state index contributed by atoms with van der Waals surface area (Å²) < 4.78 is 6.86. The molecule has 4 amide bonds. The van der Waals surface area contributed by atoms with Crippen molar-refractivity contribution in [3.8, 4) is 5.75 Å². The Morgan fingerprint density at radius 2 is 1.67 bits per heavy atom. The lowest BCUT2D eigenvalue weighted by molar-refractivity contribution is 0.219. The molecule has 1 saturated heterocycles. The molecule has 0 bridgehead atoms. The van der Waals surface area contributed by atoms with Gasteiger partial charge in [0, 0.05) is 31.4 Å².